The number of rotatable bonds is 7. The van der Waals surface area contributed by atoms with Crippen molar-refractivity contribution in [3.63, 3.8) is 0 Å². The Morgan fingerprint density at radius 2 is 2.05 bits per heavy atom. The molecule has 0 saturated heterocycles. The minimum Gasteiger partial charge on any atom is -0.383 e. The van der Waals surface area contributed by atoms with Crippen molar-refractivity contribution in [1.82, 2.24) is 10.3 Å². The molecule has 0 fully saturated rings. The van der Waals surface area contributed by atoms with Crippen LogP contribution in [0.1, 0.15) is 38.3 Å². The van der Waals surface area contributed by atoms with Crippen molar-refractivity contribution >= 4 is 16.5 Å². The van der Waals surface area contributed by atoms with Gasteiger partial charge >= 0.3 is 0 Å². The van der Waals surface area contributed by atoms with E-state index in [0.717, 1.165) is 31.2 Å². The fourth-order valence-corrected chi connectivity index (χ4v) is 2.69. The van der Waals surface area contributed by atoms with Crippen molar-refractivity contribution in [3.05, 3.63) is 10.6 Å². The summed E-state index contributed by atoms with van der Waals surface area (Å²) in [6.07, 6.45) is 0.982. The van der Waals surface area contributed by atoms with Crippen molar-refractivity contribution in [2.75, 3.05) is 32.2 Å². The molecule has 0 bridgehead atoms. The smallest absolute Gasteiger partial charge is 0.185 e. The van der Waals surface area contributed by atoms with Crippen LogP contribution in [0.4, 0.5) is 5.13 Å². The van der Waals surface area contributed by atoms with E-state index in [0.29, 0.717) is 0 Å². The molecule has 0 spiro atoms. The van der Waals surface area contributed by atoms with Gasteiger partial charge in [0, 0.05) is 37.7 Å². The molecule has 1 N–H and O–H groups in total. The summed E-state index contributed by atoms with van der Waals surface area (Å²) in [5.74, 6) is 0. The largest absolute Gasteiger partial charge is 0.383 e. The molecule has 110 valence electrons. The van der Waals surface area contributed by atoms with Crippen LogP contribution >= 0.6 is 11.3 Å². The number of likely N-dealkylation sites (N-methyl/N-ethyl adjacent to an activating group) is 1. The van der Waals surface area contributed by atoms with Gasteiger partial charge < -0.3 is 15.0 Å². The van der Waals surface area contributed by atoms with Crippen LogP contribution in [-0.2, 0) is 17.7 Å². The Morgan fingerprint density at radius 1 is 1.37 bits per heavy atom. The number of methoxy groups -OCH3 is 1. The minimum atomic E-state index is 0.136. The van der Waals surface area contributed by atoms with Crippen molar-refractivity contribution in [2.45, 2.75) is 46.2 Å². The van der Waals surface area contributed by atoms with Gasteiger partial charge in [-0.05, 0) is 27.2 Å². The zero-order chi connectivity index (χ0) is 14.5. The summed E-state index contributed by atoms with van der Waals surface area (Å²) in [5.41, 5.74) is 1.35. The Bertz CT molecular complexity index is 385. The lowest BCUT2D eigenvalue weighted by Gasteiger charge is -2.20. The molecule has 0 unspecified atom stereocenters. The molecule has 0 aliphatic carbocycles. The molecule has 0 radical (unpaired) electrons. The van der Waals surface area contributed by atoms with Crippen LogP contribution in [0.5, 0.6) is 0 Å². The van der Waals surface area contributed by atoms with Gasteiger partial charge in [0.05, 0.1) is 12.3 Å². The van der Waals surface area contributed by atoms with Crippen molar-refractivity contribution < 1.29 is 4.74 Å². The van der Waals surface area contributed by atoms with Crippen LogP contribution in [-0.4, -0.2) is 37.8 Å². The molecule has 19 heavy (non-hydrogen) atoms. The first-order valence-corrected chi connectivity index (χ1v) is 7.62. The number of hydrogen-bond donors (Lipinski definition) is 1. The number of ether oxygens (including phenoxy) is 1. The molecule has 1 aromatic rings. The Morgan fingerprint density at radius 3 is 2.58 bits per heavy atom. The van der Waals surface area contributed by atoms with Crippen molar-refractivity contribution in [2.24, 2.45) is 0 Å². The van der Waals surface area contributed by atoms with E-state index in [1.807, 2.05) is 0 Å². The second kappa shape index (κ2) is 7.22. The lowest BCUT2D eigenvalue weighted by molar-refractivity contribution is 0.206. The van der Waals surface area contributed by atoms with E-state index in [-0.39, 0.29) is 5.54 Å². The summed E-state index contributed by atoms with van der Waals surface area (Å²) in [6.45, 7) is 11.2. The van der Waals surface area contributed by atoms with Gasteiger partial charge in [-0.2, -0.15) is 0 Å². The van der Waals surface area contributed by atoms with Gasteiger partial charge in [-0.25, -0.2) is 4.98 Å². The SMILES string of the molecule is CCc1nc(N(C)CCOC)sc1CNC(C)(C)C. The first kappa shape index (κ1) is 16.4. The molecule has 1 rings (SSSR count). The van der Waals surface area contributed by atoms with Gasteiger partial charge in [-0.15, -0.1) is 11.3 Å². The summed E-state index contributed by atoms with van der Waals surface area (Å²) >= 11 is 1.78. The maximum Gasteiger partial charge on any atom is 0.185 e. The number of hydrogen-bond acceptors (Lipinski definition) is 5. The summed E-state index contributed by atoms with van der Waals surface area (Å²) < 4.78 is 5.11. The Hall–Kier alpha value is -0.650. The normalized spacial score (nSPS) is 11.9. The maximum absolute atomic E-state index is 5.11. The molecular weight excluding hydrogens is 258 g/mol. The Kier molecular flexibility index (Phi) is 6.23. The fourth-order valence-electron chi connectivity index (χ4n) is 1.62. The van der Waals surface area contributed by atoms with E-state index in [1.165, 1.54) is 10.6 Å². The molecule has 0 aliphatic rings. The molecule has 0 atom stereocenters. The summed E-state index contributed by atoms with van der Waals surface area (Å²) in [4.78, 5) is 8.24. The average Bonchev–Trinajstić information content (AvgIpc) is 2.76. The molecule has 5 heteroatoms. The molecule has 0 aliphatic heterocycles. The van der Waals surface area contributed by atoms with E-state index in [2.05, 4.69) is 45.0 Å². The van der Waals surface area contributed by atoms with Gasteiger partial charge in [-0.3, -0.25) is 0 Å². The fraction of sp³-hybridized carbons (Fsp3) is 0.786. The van der Waals surface area contributed by atoms with Crippen molar-refractivity contribution in [3.8, 4) is 0 Å². The highest BCUT2D eigenvalue weighted by atomic mass is 32.1. The lowest BCUT2D eigenvalue weighted by atomic mass is 10.1. The first-order valence-electron chi connectivity index (χ1n) is 6.81. The zero-order valence-corrected chi connectivity index (χ0v) is 13.9. The highest BCUT2D eigenvalue weighted by molar-refractivity contribution is 7.15. The van der Waals surface area contributed by atoms with Crippen molar-refractivity contribution in [1.29, 1.82) is 0 Å². The number of nitrogens with zero attached hydrogens (tertiary/aromatic N) is 2. The molecule has 0 aromatic carbocycles. The second-order valence-corrected chi connectivity index (χ2v) is 6.80. The standard InChI is InChI=1S/C14H27N3OS/c1-7-11-12(10-15-14(2,3)4)19-13(16-11)17(5)8-9-18-6/h15H,7-10H2,1-6H3. The number of anilines is 1. The topological polar surface area (TPSA) is 37.4 Å². The van der Waals surface area contributed by atoms with Crippen LogP contribution in [0, 0.1) is 0 Å². The van der Waals surface area contributed by atoms with E-state index >= 15 is 0 Å². The molecule has 4 nitrogen and oxygen atoms in total. The quantitative estimate of drug-likeness (QED) is 0.836. The van der Waals surface area contributed by atoms with Gasteiger partial charge in [0.25, 0.3) is 0 Å². The van der Waals surface area contributed by atoms with E-state index in [4.69, 9.17) is 9.72 Å². The summed E-state index contributed by atoms with van der Waals surface area (Å²) in [5, 5.41) is 4.62. The second-order valence-electron chi connectivity index (χ2n) is 5.74. The van der Waals surface area contributed by atoms with E-state index in [1.54, 1.807) is 18.4 Å². The minimum absolute atomic E-state index is 0.136. The molecule has 1 heterocycles. The van der Waals surface area contributed by atoms with Crippen LogP contribution in [0.25, 0.3) is 0 Å². The van der Waals surface area contributed by atoms with Crippen LogP contribution in [0.3, 0.4) is 0 Å². The molecule has 0 saturated carbocycles. The van der Waals surface area contributed by atoms with Crippen LogP contribution in [0.15, 0.2) is 0 Å². The van der Waals surface area contributed by atoms with E-state index < -0.39 is 0 Å². The third kappa shape index (κ3) is 5.47. The number of nitrogens with one attached hydrogen (secondary N) is 1. The predicted molar refractivity (Wildman–Crippen MR) is 83.2 cm³/mol. The van der Waals surface area contributed by atoms with Crippen LogP contribution < -0.4 is 10.2 Å². The average molecular weight is 285 g/mol. The van der Waals surface area contributed by atoms with Crippen LogP contribution in [0.2, 0.25) is 0 Å². The van der Waals surface area contributed by atoms with E-state index in [9.17, 15) is 0 Å². The highest BCUT2D eigenvalue weighted by Crippen LogP contribution is 2.26. The summed E-state index contributed by atoms with van der Waals surface area (Å²) in [7, 11) is 3.80. The van der Waals surface area contributed by atoms with Gasteiger partial charge in [0.1, 0.15) is 0 Å². The lowest BCUT2D eigenvalue weighted by Crippen LogP contribution is -2.35. The monoisotopic (exact) mass is 285 g/mol. The number of aromatic nitrogens is 1. The number of thiazole rings is 1. The number of aryl methyl sites for hydroxylation is 1. The predicted octanol–water partition coefficient (Wildman–Crippen LogP) is 2.68. The highest BCUT2D eigenvalue weighted by Gasteiger charge is 2.15. The Labute approximate surface area is 121 Å². The van der Waals surface area contributed by atoms with Gasteiger partial charge in [0.15, 0.2) is 5.13 Å². The Balaban J connectivity index is 2.73. The molecular formula is C14H27N3OS. The molecule has 0 amide bonds. The maximum atomic E-state index is 5.11. The third-order valence-electron chi connectivity index (χ3n) is 2.84. The van der Waals surface area contributed by atoms with Gasteiger partial charge in [0.2, 0.25) is 0 Å². The first-order chi connectivity index (χ1) is 8.87. The molecule has 1 aromatic heterocycles. The third-order valence-corrected chi connectivity index (χ3v) is 4.05. The summed E-state index contributed by atoms with van der Waals surface area (Å²) in [6, 6.07) is 0. The zero-order valence-electron chi connectivity index (χ0n) is 13.0. The van der Waals surface area contributed by atoms with Gasteiger partial charge in [-0.1, -0.05) is 6.92 Å².